The predicted molar refractivity (Wildman–Crippen MR) is 34.0 cm³/mol. The lowest BCUT2D eigenvalue weighted by atomic mass is 10.0. The summed E-state index contributed by atoms with van der Waals surface area (Å²) in [5, 5.41) is 0. The molecule has 0 aliphatic heterocycles. The van der Waals surface area contributed by atoms with Crippen molar-refractivity contribution >= 4 is 6.47 Å². The van der Waals surface area contributed by atoms with Crippen LogP contribution in [0.5, 0.6) is 0 Å². The standard InChI is InChI=1S/C7H12O2/c1-6(9-5-8)7(2)3-4-7/h5-6H,3-4H2,1-2H3. The molecule has 0 heterocycles. The number of carbonyl (C=O) groups excluding carboxylic acids is 1. The minimum absolute atomic E-state index is 0.106. The fourth-order valence-corrected chi connectivity index (χ4v) is 0.851. The topological polar surface area (TPSA) is 26.3 Å². The second-order valence-electron chi connectivity index (χ2n) is 3.03. The highest BCUT2D eigenvalue weighted by Crippen LogP contribution is 2.48. The molecular weight excluding hydrogens is 116 g/mol. The Labute approximate surface area is 55.2 Å². The van der Waals surface area contributed by atoms with Gasteiger partial charge in [0.05, 0.1) is 0 Å². The van der Waals surface area contributed by atoms with Gasteiger partial charge < -0.3 is 4.74 Å². The van der Waals surface area contributed by atoms with Crippen molar-refractivity contribution in [3.05, 3.63) is 0 Å². The number of ether oxygens (including phenoxy) is 1. The summed E-state index contributed by atoms with van der Waals surface area (Å²) in [6.45, 7) is 4.62. The van der Waals surface area contributed by atoms with Crippen LogP contribution in [0.1, 0.15) is 26.7 Å². The average Bonchev–Trinajstić information content (AvgIpc) is 2.50. The lowest BCUT2D eigenvalue weighted by molar-refractivity contribution is -0.135. The highest BCUT2D eigenvalue weighted by Gasteiger charge is 2.43. The predicted octanol–water partition coefficient (Wildman–Crippen LogP) is 1.35. The third kappa shape index (κ3) is 1.23. The third-order valence-electron chi connectivity index (χ3n) is 2.28. The van der Waals surface area contributed by atoms with Crippen LogP contribution in [0.25, 0.3) is 0 Å². The Bertz CT molecular complexity index is 116. The maximum atomic E-state index is 9.87. The summed E-state index contributed by atoms with van der Waals surface area (Å²) in [6.07, 6.45) is 2.50. The Morgan fingerprint density at radius 3 is 2.56 bits per heavy atom. The van der Waals surface area contributed by atoms with E-state index in [-0.39, 0.29) is 6.10 Å². The second kappa shape index (κ2) is 2.01. The molecule has 1 aliphatic rings. The van der Waals surface area contributed by atoms with Crippen molar-refractivity contribution < 1.29 is 9.53 Å². The molecule has 0 N–H and O–H groups in total. The minimum Gasteiger partial charge on any atom is -0.464 e. The van der Waals surface area contributed by atoms with Gasteiger partial charge in [-0.3, -0.25) is 4.79 Å². The van der Waals surface area contributed by atoms with Crippen LogP contribution >= 0.6 is 0 Å². The summed E-state index contributed by atoms with van der Waals surface area (Å²) < 4.78 is 4.79. The first-order valence-corrected chi connectivity index (χ1v) is 3.28. The van der Waals surface area contributed by atoms with Gasteiger partial charge in [-0.25, -0.2) is 0 Å². The number of hydrogen-bond acceptors (Lipinski definition) is 2. The zero-order valence-corrected chi connectivity index (χ0v) is 5.89. The van der Waals surface area contributed by atoms with Crippen molar-refractivity contribution in [3.63, 3.8) is 0 Å². The molecule has 0 radical (unpaired) electrons. The fraction of sp³-hybridized carbons (Fsp3) is 0.857. The summed E-state index contributed by atoms with van der Waals surface area (Å²) >= 11 is 0. The van der Waals surface area contributed by atoms with Crippen LogP contribution in [0, 0.1) is 5.41 Å². The normalized spacial score (nSPS) is 24.7. The van der Waals surface area contributed by atoms with Crippen molar-refractivity contribution in [1.82, 2.24) is 0 Å². The van der Waals surface area contributed by atoms with Crippen LogP contribution in [-0.2, 0) is 9.53 Å². The van der Waals surface area contributed by atoms with Gasteiger partial charge in [-0.15, -0.1) is 0 Å². The van der Waals surface area contributed by atoms with Crippen LogP contribution < -0.4 is 0 Å². The summed E-state index contributed by atoms with van der Waals surface area (Å²) in [4.78, 5) is 9.87. The minimum atomic E-state index is 0.106. The van der Waals surface area contributed by atoms with Crippen LogP contribution in [0.4, 0.5) is 0 Å². The highest BCUT2D eigenvalue weighted by molar-refractivity contribution is 5.37. The molecule has 0 spiro atoms. The molecule has 1 atom stereocenters. The third-order valence-corrected chi connectivity index (χ3v) is 2.28. The molecule has 52 valence electrons. The van der Waals surface area contributed by atoms with E-state index in [1.54, 1.807) is 0 Å². The summed E-state index contributed by atoms with van der Waals surface area (Å²) in [6, 6.07) is 0. The second-order valence-corrected chi connectivity index (χ2v) is 3.03. The fourth-order valence-electron chi connectivity index (χ4n) is 0.851. The Hall–Kier alpha value is -0.530. The molecule has 1 saturated carbocycles. The molecule has 0 bridgehead atoms. The lowest BCUT2D eigenvalue weighted by Gasteiger charge is -2.15. The van der Waals surface area contributed by atoms with Crippen molar-refractivity contribution in [2.75, 3.05) is 0 Å². The maximum Gasteiger partial charge on any atom is 0.293 e. The van der Waals surface area contributed by atoms with E-state index < -0.39 is 0 Å². The first kappa shape index (κ1) is 6.59. The van der Waals surface area contributed by atoms with Gasteiger partial charge in [0.15, 0.2) is 0 Å². The molecule has 0 aromatic rings. The van der Waals surface area contributed by atoms with Gasteiger partial charge >= 0.3 is 0 Å². The van der Waals surface area contributed by atoms with Crippen LogP contribution in [0.3, 0.4) is 0 Å². The van der Waals surface area contributed by atoms with Crippen molar-refractivity contribution in [1.29, 1.82) is 0 Å². The zero-order chi connectivity index (χ0) is 6.91. The van der Waals surface area contributed by atoms with Crippen LogP contribution in [-0.4, -0.2) is 12.6 Å². The largest absolute Gasteiger partial charge is 0.464 e. The van der Waals surface area contributed by atoms with Gasteiger partial charge in [-0.2, -0.15) is 0 Å². The van der Waals surface area contributed by atoms with Gasteiger partial charge in [0, 0.05) is 5.41 Å². The van der Waals surface area contributed by atoms with Gasteiger partial charge in [0.25, 0.3) is 6.47 Å². The van der Waals surface area contributed by atoms with Gasteiger partial charge in [-0.1, -0.05) is 6.92 Å². The molecule has 1 rings (SSSR count). The van der Waals surface area contributed by atoms with Crippen LogP contribution in [0.15, 0.2) is 0 Å². The van der Waals surface area contributed by atoms with E-state index >= 15 is 0 Å². The van der Waals surface area contributed by atoms with E-state index in [2.05, 4.69) is 6.92 Å². The number of rotatable bonds is 3. The first-order valence-electron chi connectivity index (χ1n) is 3.28. The van der Waals surface area contributed by atoms with Crippen molar-refractivity contribution in [3.8, 4) is 0 Å². The Kier molecular flexibility index (Phi) is 1.47. The number of carbonyl (C=O) groups is 1. The van der Waals surface area contributed by atoms with Gasteiger partial charge in [-0.05, 0) is 19.8 Å². The maximum absolute atomic E-state index is 9.87. The Morgan fingerprint density at radius 1 is 1.67 bits per heavy atom. The molecule has 1 fully saturated rings. The molecule has 0 aromatic carbocycles. The molecule has 1 unspecified atom stereocenters. The van der Waals surface area contributed by atoms with E-state index in [4.69, 9.17) is 4.74 Å². The molecule has 1 aliphatic carbocycles. The zero-order valence-electron chi connectivity index (χ0n) is 5.89. The molecule has 0 amide bonds. The summed E-state index contributed by atoms with van der Waals surface area (Å²) in [5.41, 5.74) is 0.306. The lowest BCUT2D eigenvalue weighted by Crippen LogP contribution is -2.18. The molecule has 0 aromatic heterocycles. The summed E-state index contributed by atoms with van der Waals surface area (Å²) in [7, 11) is 0. The van der Waals surface area contributed by atoms with E-state index in [1.807, 2.05) is 6.92 Å². The molecule has 9 heavy (non-hydrogen) atoms. The quantitative estimate of drug-likeness (QED) is 0.536. The van der Waals surface area contributed by atoms with E-state index in [1.165, 1.54) is 12.8 Å². The van der Waals surface area contributed by atoms with Crippen LogP contribution in [0.2, 0.25) is 0 Å². The first-order chi connectivity index (χ1) is 4.19. The van der Waals surface area contributed by atoms with Crippen molar-refractivity contribution in [2.45, 2.75) is 32.8 Å². The SMILES string of the molecule is CC(OC=O)C1(C)CC1. The average molecular weight is 128 g/mol. The van der Waals surface area contributed by atoms with E-state index in [9.17, 15) is 4.79 Å². The molecule has 2 heteroatoms. The van der Waals surface area contributed by atoms with E-state index in [0.717, 1.165) is 0 Å². The van der Waals surface area contributed by atoms with E-state index in [0.29, 0.717) is 11.9 Å². The van der Waals surface area contributed by atoms with Crippen molar-refractivity contribution in [2.24, 2.45) is 5.41 Å². The Balaban J connectivity index is 2.32. The molecule has 0 saturated heterocycles. The van der Waals surface area contributed by atoms with Gasteiger partial charge in [0.2, 0.25) is 0 Å². The molecular formula is C7H12O2. The summed E-state index contributed by atoms with van der Waals surface area (Å²) in [5.74, 6) is 0. The Morgan fingerprint density at radius 2 is 2.22 bits per heavy atom. The monoisotopic (exact) mass is 128 g/mol. The molecule has 2 nitrogen and oxygen atoms in total. The highest BCUT2D eigenvalue weighted by atomic mass is 16.5. The number of hydrogen-bond donors (Lipinski definition) is 0. The smallest absolute Gasteiger partial charge is 0.293 e. The van der Waals surface area contributed by atoms with Gasteiger partial charge in [0.1, 0.15) is 6.10 Å².